The normalized spacial score (nSPS) is 11.1. The Morgan fingerprint density at radius 3 is 2.50 bits per heavy atom. The third-order valence-electron chi connectivity index (χ3n) is 2.57. The van der Waals surface area contributed by atoms with E-state index in [1.165, 1.54) is 24.3 Å². The lowest BCUT2D eigenvalue weighted by Crippen LogP contribution is -2.20. The highest BCUT2D eigenvalue weighted by atomic mass is 19.4. The highest BCUT2D eigenvalue weighted by Crippen LogP contribution is 2.19. The lowest BCUT2D eigenvalue weighted by atomic mass is 10.1. The molecule has 7 heteroatoms. The largest absolute Gasteiger partial charge is 0.406 e. The molecule has 20 heavy (non-hydrogen) atoms. The second-order valence-corrected chi connectivity index (χ2v) is 4.04. The Bertz CT molecular complexity index is 665. The topological polar surface area (TPSA) is 58.7 Å². The second kappa shape index (κ2) is 5.17. The number of aromatic nitrogens is 2. The number of nitrogens with zero attached hydrogens (tertiary/aromatic N) is 3. The molecule has 0 aliphatic carbocycles. The van der Waals surface area contributed by atoms with E-state index in [1.54, 1.807) is 0 Å². The van der Waals surface area contributed by atoms with Crippen LogP contribution in [0.4, 0.5) is 13.2 Å². The van der Waals surface area contributed by atoms with Crippen molar-refractivity contribution in [3.8, 4) is 6.07 Å². The standard InChI is InChI=1S/C13H8F3N3O/c14-13(15,16)7-19-8-18-6-11(19)12(20)10-3-1-9(5-17)2-4-10/h1-4,6,8H,7H2. The van der Waals surface area contributed by atoms with Crippen LogP contribution in [0.5, 0.6) is 0 Å². The Morgan fingerprint density at radius 1 is 1.30 bits per heavy atom. The molecule has 102 valence electrons. The quantitative estimate of drug-likeness (QED) is 0.811. The number of hydrogen-bond donors (Lipinski definition) is 0. The maximum Gasteiger partial charge on any atom is 0.406 e. The van der Waals surface area contributed by atoms with Crippen LogP contribution in [0.1, 0.15) is 21.6 Å². The number of hydrogen-bond acceptors (Lipinski definition) is 3. The van der Waals surface area contributed by atoms with Crippen LogP contribution in [0.2, 0.25) is 0 Å². The predicted octanol–water partition coefficient (Wildman–Crippen LogP) is 2.55. The fraction of sp³-hybridized carbons (Fsp3) is 0.154. The van der Waals surface area contributed by atoms with Crippen LogP contribution in [-0.4, -0.2) is 21.5 Å². The van der Waals surface area contributed by atoms with E-state index in [2.05, 4.69) is 4.98 Å². The number of benzene rings is 1. The van der Waals surface area contributed by atoms with Gasteiger partial charge in [0.05, 0.1) is 24.2 Å². The van der Waals surface area contributed by atoms with Crippen LogP contribution >= 0.6 is 0 Å². The zero-order chi connectivity index (χ0) is 14.8. The van der Waals surface area contributed by atoms with Gasteiger partial charge in [0.1, 0.15) is 12.2 Å². The first kappa shape index (κ1) is 13.8. The second-order valence-electron chi connectivity index (χ2n) is 4.04. The molecule has 0 saturated carbocycles. The minimum absolute atomic E-state index is 0.146. The molecule has 0 radical (unpaired) electrons. The van der Waals surface area contributed by atoms with Crippen LogP contribution in [0.25, 0.3) is 0 Å². The van der Waals surface area contributed by atoms with Crippen LogP contribution in [0.15, 0.2) is 36.8 Å². The van der Waals surface area contributed by atoms with Crippen molar-refractivity contribution in [3.05, 3.63) is 53.6 Å². The van der Waals surface area contributed by atoms with E-state index in [-0.39, 0.29) is 11.3 Å². The van der Waals surface area contributed by atoms with E-state index in [9.17, 15) is 18.0 Å². The fourth-order valence-electron chi connectivity index (χ4n) is 1.67. The van der Waals surface area contributed by atoms with E-state index in [0.29, 0.717) is 5.56 Å². The molecule has 0 saturated heterocycles. The summed E-state index contributed by atoms with van der Waals surface area (Å²) in [5, 5.41) is 8.65. The minimum atomic E-state index is -4.43. The molecule has 1 heterocycles. The number of ketones is 1. The Balaban J connectivity index is 2.29. The van der Waals surface area contributed by atoms with E-state index in [4.69, 9.17) is 5.26 Å². The van der Waals surface area contributed by atoms with Gasteiger partial charge in [0.15, 0.2) is 0 Å². The summed E-state index contributed by atoms with van der Waals surface area (Å²) in [6.07, 6.45) is -2.38. The third-order valence-corrected chi connectivity index (χ3v) is 2.57. The average molecular weight is 279 g/mol. The SMILES string of the molecule is N#Cc1ccc(C(=O)c2cncn2CC(F)(F)F)cc1. The van der Waals surface area contributed by atoms with Gasteiger partial charge in [-0.1, -0.05) is 0 Å². The smallest absolute Gasteiger partial charge is 0.319 e. The van der Waals surface area contributed by atoms with E-state index in [1.807, 2.05) is 6.07 Å². The molecule has 1 aromatic carbocycles. The van der Waals surface area contributed by atoms with Crippen molar-refractivity contribution >= 4 is 5.78 Å². The monoisotopic (exact) mass is 279 g/mol. The molecule has 0 fully saturated rings. The average Bonchev–Trinajstić information content (AvgIpc) is 2.84. The molecule has 0 N–H and O–H groups in total. The molecular formula is C13H8F3N3O. The van der Waals surface area contributed by atoms with E-state index in [0.717, 1.165) is 17.1 Å². The highest BCUT2D eigenvalue weighted by Gasteiger charge is 2.29. The first-order valence-electron chi connectivity index (χ1n) is 5.52. The van der Waals surface area contributed by atoms with Gasteiger partial charge in [-0.3, -0.25) is 4.79 Å². The summed E-state index contributed by atoms with van der Waals surface area (Å²) >= 11 is 0. The summed E-state index contributed by atoms with van der Waals surface area (Å²) in [7, 11) is 0. The summed E-state index contributed by atoms with van der Waals surface area (Å²) in [6, 6.07) is 7.54. The Morgan fingerprint density at radius 2 is 1.95 bits per heavy atom. The van der Waals surface area contributed by atoms with Crippen molar-refractivity contribution in [2.24, 2.45) is 0 Å². The Kier molecular flexibility index (Phi) is 3.57. The molecule has 2 rings (SSSR count). The lowest BCUT2D eigenvalue weighted by Gasteiger charge is -2.10. The Labute approximate surface area is 112 Å². The van der Waals surface area contributed by atoms with Crippen molar-refractivity contribution in [3.63, 3.8) is 0 Å². The lowest BCUT2D eigenvalue weighted by molar-refractivity contribution is -0.140. The summed E-state index contributed by atoms with van der Waals surface area (Å²) < 4.78 is 37.9. The van der Waals surface area contributed by atoms with Gasteiger partial charge in [0.2, 0.25) is 5.78 Å². The van der Waals surface area contributed by atoms with Gasteiger partial charge in [-0.2, -0.15) is 18.4 Å². The van der Waals surface area contributed by atoms with Gasteiger partial charge >= 0.3 is 6.18 Å². The molecule has 0 atom stereocenters. The molecule has 2 aromatic rings. The van der Waals surface area contributed by atoms with Crippen molar-refractivity contribution in [1.82, 2.24) is 9.55 Å². The molecule has 0 spiro atoms. The number of halogens is 3. The number of imidazole rings is 1. The van der Waals surface area contributed by atoms with Crippen molar-refractivity contribution in [1.29, 1.82) is 5.26 Å². The predicted molar refractivity (Wildman–Crippen MR) is 62.9 cm³/mol. The Hall–Kier alpha value is -2.62. The zero-order valence-corrected chi connectivity index (χ0v) is 10.1. The van der Waals surface area contributed by atoms with Crippen LogP contribution in [0.3, 0.4) is 0 Å². The molecule has 0 aliphatic heterocycles. The van der Waals surface area contributed by atoms with Gasteiger partial charge in [-0.05, 0) is 24.3 Å². The summed E-state index contributed by atoms with van der Waals surface area (Å²) in [6.45, 7) is -1.27. The highest BCUT2D eigenvalue weighted by molar-refractivity contribution is 6.07. The van der Waals surface area contributed by atoms with Crippen molar-refractivity contribution < 1.29 is 18.0 Å². The molecule has 1 aromatic heterocycles. The third kappa shape index (κ3) is 3.03. The van der Waals surface area contributed by atoms with Crippen LogP contribution < -0.4 is 0 Å². The molecule has 0 bridgehead atoms. The van der Waals surface area contributed by atoms with Crippen LogP contribution in [-0.2, 0) is 6.54 Å². The maximum atomic E-state index is 12.4. The number of alkyl halides is 3. The van der Waals surface area contributed by atoms with Gasteiger partial charge in [-0.15, -0.1) is 0 Å². The number of carbonyl (C=O) groups is 1. The number of rotatable bonds is 3. The summed E-state index contributed by atoms with van der Waals surface area (Å²) in [4.78, 5) is 15.7. The van der Waals surface area contributed by atoms with Gasteiger partial charge in [0.25, 0.3) is 0 Å². The summed E-state index contributed by atoms with van der Waals surface area (Å²) in [5.41, 5.74) is 0.422. The molecule has 0 aliphatic rings. The van der Waals surface area contributed by atoms with Crippen molar-refractivity contribution in [2.75, 3.05) is 0 Å². The van der Waals surface area contributed by atoms with E-state index < -0.39 is 18.5 Å². The zero-order valence-electron chi connectivity index (χ0n) is 10.1. The number of carbonyl (C=O) groups excluding carboxylic acids is 1. The number of nitriles is 1. The van der Waals surface area contributed by atoms with Gasteiger partial charge < -0.3 is 4.57 Å². The first-order valence-corrected chi connectivity index (χ1v) is 5.52. The molecule has 0 unspecified atom stereocenters. The molecule has 4 nitrogen and oxygen atoms in total. The summed E-state index contributed by atoms with van der Waals surface area (Å²) in [5.74, 6) is -0.573. The van der Waals surface area contributed by atoms with Crippen molar-refractivity contribution in [2.45, 2.75) is 12.7 Å². The fourth-order valence-corrected chi connectivity index (χ4v) is 1.67. The van der Waals surface area contributed by atoms with Gasteiger partial charge in [-0.25, -0.2) is 4.98 Å². The van der Waals surface area contributed by atoms with E-state index >= 15 is 0 Å². The molecular weight excluding hydrogens is 271 g/mol. The first-order chi connectivity index (χ1) is 9.40. The molecule has 0 amide bonds. The maximum absolute atomic E-state index is 12.4. The van der Waals surface area contributed by atoms with Crippen LogP contribution in [0, 0.1) is 11.3 Å². The van der Waals surface area contributed by atoms with Gasteiger partial charge in [0, 0.05) is 5.56 Å². The minimum Gasteiger partial charge on any atom is -0.319 e.